The molecule has 122 valence electrons. The van der Waals surface area contributed by atoms with Crippen molar-refractivity contribution in [2.24, 2.45) is 5.41 Å². The van der Waals surface area contributed by atoms with Crippen LogP contribution in [0.25, 0.3) is 0 Å². The van der Waals surface area contributed by atoms with Crippen molar-refractivity contribution in [3.05, 3.63) is 35.4 Å². The largest absolute Gasteiger partial charge is 0.355 e. The summed E-state index contributed by atoms with van der Waals surface area (Å²) in [5.41, 5.74) is -0.296. The van der Waals surface area contributed by atoms with Crippen LogP contribution in [0.2, 0.25) is 0 Å². The fourth-order valence-corrected chi connectivity index (χ4v) is 2.22. The SMILES string of the molecule is CC(=O)N[C@H](C(=O)ON1C(=O)c2ccccc2C1=O)C(C)(C)C. The summed E-state index contributed by atoms with van der Waals surface area (Å²) in [5, 5.41) is 2.92. The van der Waals surface area contributed by atoms with E-state index < -0.39 is 35.1 Å². The first-order valence-electron chi connectivity index (χ1n) is 7.09. The number of rotatable bonds is 3. The summed E-state index contributed by atoms with van der Waals surface area (Å²) in [6.45, 7) is 6.47. The molecule has 0 spiro atoms. The van der Waals surface area contributed by atoms with Gasteiger partial charge in [-0.1, -0.05) is 38.0 Å². The highest BCUT2D eigenvalue weighted by atomic mass is 16.7. The smallest absolute Gasteiger partial charge is 0.342 e. The van der Waals surface area contributed by atoms with Crippen molar-refractivity contribution in [1.29, 1.82) is 0 Å². The summed E-state index contributed by atoms with van der Waals surface area (Å²) < 4.78 is 0. The number of benzene rings is 1. The molecule has 1 aliphatic heterocycles. The number of hydrogen-bond acceptors (Lipinski definition) is 5. The average Bonchev–Trinajstić information content (AvgIpc) is 2.69. The normalized spacial score (nSPS) is 15.2. The maximum atomic E-state index is 12.3. The molecule has 0 saturated carbocycles. The van der Waals surface area contributed by atoms with Crippen molar-refractivity contribution in [2.75, 3.05) is 0 Å². The molecular weight excluding hydrogens is 300 g/mol. The monoisotopic (exact) mass is 318 g/mol. The lowest BCUT2D eigenvalue weighted by Crippen LogP contribution is -2.51. The van der Waals surface area contributed by atoms with Gasteiger partial charge < -0.3 is 10.2 Å². The van der Waals surface area contributed by atoms with Gasteiger partial charge in [-0.25, -0.2) is 4.79 Å². The highest BCUT2D eigenvalue weighted by Gasteiger charge is 2.42. The molecular formula is C16H18N2O5. The summed E-state index contributed by atoms with van der Waals surface area (Å²) >= 11 is 0. The molecule has 7 nitrogen and oxygen atoms in total. The summed E-state index contributed by atoms with van der Waals surface area (Å²) in [4.78, 5) is 53.0. The molecule has 1 aromatic rings. The maximum absolute atomic E-state index is 12.3. The van der Waals surface area contributed by atoms with Crippen LogP contribution < -0.4 is 5.32 Å². The summed E-state index contributed by atoms with van der Waals surface area (Å²) in [7, 11) is 0. The molecule has 1 heterocycles. The van der Waals surface area contributed by atoms with Crippen LogP contribution in [0.3, 0.4) is 0 Å². The van der Waals surface area contributed by atoms with E-state index in [0.29, 0.717) is 5.06 Å². The zero-order chi connectivity index (χ0) is 17.4. The summed E-state index contributed by atoms with van der Waals surface area (Å²) in [6.07, 6.45) is 0. The van der Waals surface area contributed by atoms with E-state index in [9.17, 15) is 19.2 Å². The maximum Gasteiger partial charge on any atom is 0.355 e. The van der Waals surface area contributed by atoms with E-state index in [-0.39, 0.29) is 11.1 Å². The molecule has 2 rings (SSSR count). The third-order valence-electron chi connectivity index (χ3n) is 3.39. The first kappa shape index (κ1) is 16.7. The lowest BCUT2D eigenvalue weighted by atomic mass is 9.87. The van der Waals surface area contributed by atoms with Crippen LogP contribution in [-0.2, 0) is 14.4 Å². The Morgan fingerprint density at radius 2 is 1.57 bits per heavy atom. The highest BCUT2D eigenvalue weighted by molar-refractivity contribution is 6.20. The molecule has 3 amide bonds. The minimum atomic E-state index is -0.996. The molecule has 1 aliphatic rings. The van der Waals surface area contributed by atoms with Crippen LogP contribution in [0.5, 0.6) is 0 Å². The van der Waals surface area contributed by atoms with Gasteiger partial charge in [0.05, 0.1) is 11.1 Å². The number of nitrogens with one attached hydrogen (secondary N) is 1. The van der Waals surface area contributed by atoms with Crippen LogP contribution in [0.15, 0.2) is 24.3 Å². The Kier molecular flexibility index (Phi) is 4.22. The van der Waals surface area contributed by atoms with Crippen LogP contribution in [0.4, 0.5) is 0 Å². The predicted octanol–water partition coefficient (Wildman–Crippen LogP) is 1.29. The fourth-order valence-electron chi connectivity index (χ4n) is 2.22. The van der Waals surface area contributed by atoms with Gasteiger partial charge in [0.15, 0.2) is 0 Å². The lowest BCUT2D eigenvalue weighted by Gasteiger charge is -2.29. The van der Waals surface area contributed by atoms with Crippen molar-refractivity contribution in [2.45, 2.75) is 33.7 Å². The number of hydrogen-bond donors (Lipinski definition) is 1. The number of carbonyl (C=O) groups is 4. The molecule has 0 unspecified atom stereocenters. The molecule has 0 bridgehead atoms. The Labute approximate surface area is 133 Å². The minimum absolute atomic E-state index is 0.178. The van der Waals surface area contributed by atoms with Crippen molar-refractivity contribution in [1.82, 2.24) is 10.4 Å². The summed E-state index contributed by atoms with van der Waals surface area (Å²) in [5.74, 6) is -2.68. The molecule has 7 heteroatoms. The van der Waals surface area contributed by atoms with Crippen molar-refractivity contribution in [3.8, 4) is 0 Å². The van der Waals surface area contributed by atoms with Crippen molar-refractivity contribution < 1.29 is 24.0 Å². The van der Waals surface area contributed by atoms with Gasteiger partial charge in [-0.05, 0) is 17.5 Å². The lowest BCUT2D eigenvalue weighted by molar-refractivity contribution is -0.174. The highest BCUT2D eigenvalue weighted by Crippen LogP contribution is 2.25. The van der Waals surface area contributed by atoms with Crippen molar-refractivity contribution in [3.63, 3.8) is 0 Å². The van der Waals surface area contributed by atoms with Gasteiger partial charge in [0, 0.05) is 6.92 Å². The Morgan fingerprint density at radius 1 is 1.09 bits per heavy atom. The predicted molar refractivity (Wildman–Crippen MR) is 80.1 cm³/mol. The van der Waals surface area contributed by atoms with Crippen LogP contribution in [0, 0.1) is 5.41 Å². The van der Waals surface area contributed by atoms with Crippen LogP contribution in [-0.4, -0.2) is 34.8 Å². The molecule has 0 fully saturated rings. The molecule has 1 aromatic carbocycles. The quantitative estimate of drug-likeness (QED) is 0.848. The Bertz CT molecular complexity index is 655. The van der Waals surface area contributed by atoms with E-state index in [1.165, 1.54) is 19.1 Å². The minimum Gasteiger partial charge on any atom is -0.342 e. The number of fused-ring (bicyclic) bond motifs is 1. The van der Waals surface area contributed by atoms with Gasteiger partial charge in [0.25, 0.3) is 11.8 Å². The first-order chi connectivity index (χ1) is 10.6. The zero-order valence-electron chi connectivity index (χ0n) is 13.4. The van der Waals surface area contributed by atoms with Gasteiger partial charge in [-0.3, -0.25) is 14.4 Å². The van der Waals surface area contributed by atoms with E-state index in [0.717, 1.165) is 0 Å². The molecule has 0 aromatic heterocycles. The van der Waals surface area contributed by atoms with Gasteiger partial charge in [0.1, 0.15) is 6.04 Å². The first-order valence-corrected chi connectivity index (χ1v) is 7.09. The topological polar surface area (TPSA) is 92.8 Å². The number of carbonyl (C=O) groups excluding carboxylic acids is 4. The third-order valence-corrected chi connectivity index (χ3v) is 3.39. The Hall–Kier alpha value is -2.70. The second-order valence-corrected chi connectivity index (χ2v) is 6.36. The van der Waals surface area contributed by atoms with Crippen LogP contribution in [0.1, 0.15) is 48.4 Å². The van der Waals surface area contributed by atoms with Gasteiger partial charge in [-0.2, -0.15) is 0 Å². The van der Waals surface area contributed by atoms with E-state index in [2.05, 4.69) is 5.32 Å². The van der Waals surface area contributed by atoms with Crippen molar-refractivity contribution >= 4 is 23.7 Å². The molecule has 23 heavy (non-hydrogen) atoms. The Balaban J connectivity index is 2.22. The number of nitrogens with zero attached hydrogens (tertiary/aromatic N) is 1. The standard InChI is InChI=1S/C16H18N2O5/c1-9(19)17-12(16(2,3)4)15(22)23-18-13(20)10-7-5-6-8-11(10)14(18)21/h5-8,12H,1-4H3,(H,17,19)/t12-/m1/s1. The molecule has 1 atom stereocenters. The number of amides is 3. The fraction of sp³-hybridized carbons (Fsp3) is 0.375. The zero-order valence-corrected chi connectivity index (χ0v) is 13.4. The third kappa shape index (κ3) is 3.23. The van der Waals surface area contributed by atoms with E-state index in [1.807, 2.05) is 0 Å². The second-order valence-electron chi connectivity index (χ2n) is 6.36. The average molecular weight is 318 g/mol. The molecule has 0 aliphatic carbocycles. The van der Waals surface area contributed by atoms with Gasteiger partial charge in [0.2, 0.25) is 5.91 Å². The molecule has 0 radical (unpaired) electrons. The Morgan fingerprint density at radius 3 is 1.96 bits per heavy atom. The summed E-state index contributed by atoms with van der Waals surface area (Å²) in [6, 6.07) is 5.20. The molecule has 0 saturated heterocycles. The van der Waals surface area contributed by atoms with E-state index >= 15 is 0 Å². The molecule has 1 N–H and O–H groups in total. The number of hydroxylamine groups is 2. The van der Waals surface area contributed by atoms with Gasteiger partial charge in [-0.15, -0.1) is 0 Å². The second kappa shape index (κ2) is 5.83. The van der Waals surface area contributed by atoms with Crippen LogP contribution >= 0.6 is 0 Å². The van der Waals surface area contributed by atoms with E-state index in [4.69, 9.17) is 4.84 Å². The van der Waals surface area contributed by atoms with E-state index in [1.54, 1.807) is 32.9 Å². The van der Waals surface area contributed by atoms with Gasteiger partial charge >= 0.3 is 5.97 Å². The number of imide groups is 1.